The summed E-state index contributed by atoms with van der Waals surface area (Å²) in [5, 5.41) is 5.09. The second-order valence-corrected chi connectivity index (χ2v) is 3.00. The first-order valence-corrected chi connectivity index (χ1v) is 4.44. The Bertz CT molecular complexity index is 319. The van der Waals surface area contributed by atoms with E-state index < -0.39 is 0 Å². The lowest BCUT2D eigenvalue weighted by Gasteiger charge is -2.06. The summed E-state index contributed by atoms with van der Waals surface area (Å²) >= 11 is 0. The molecule has 0 unspecified atom stereocenters. The fourth-order valence-corrected chi connectivity index (χ4v) is 1.14. The zero-order valence-electron chi connectivity index (χ0n) is 8.23. The Hall–Kier alpha value is -1.58. The number of hydrogen-bond acceptors (Lipinski definition) is 1. The molecule has 3 nitrogen and oxygen atoms in total. The van der Waals surface area contributed by atoms with Crippen molar-refractivity contribution in [2.45, 2.75) is 13.8 Å². The van der Waals surface area contributed by atoms with Gasteiger partial charge in [0.15, 0.2) is 0 Å². The number of rotatable bonds is 2. The third-order valence-electron chi connectivity index (χ3n) is 1.64. The zero-order valence-corrected chi connectivity index (χ0v) is 8.23. The summed E-state index contributed by atoms with van der Waals surface area (Å²) in [5.41, 5.74) is 1.24. The van der Waals surface area contributed by atoms with Crippen LogP contribution in [0.25, 0.3) is 0 Å². The molecular weight excluding hydrogens is 183 g/mol. The Kier molecular flexibility index (Phi) is 3.45. The maximum Gasteiger partial charge on any atom is 0.319 e. The van der Waals surface area contributed by atoms with Crippen LogP contribution in [0.1, 0.15) is 12.5 Å². The molecule has 0 heterocycles. The van der Waals surface area contributed by atoms with Gasteiger partial charge < -0.3 is 10.6 Å². The third-order valence-corrected chi connectivity index (χ3v) is 1.64. The molecule has 1 rings (SSSR count). The maximum atomic E-state index is 12.9. The minimum Gasteiger partial charge on any atom is -0.338 e. The van der Waals surface area contributed by atoms with E-state index in [1.54, 1.807) is 13.0 Å². The van der Waals surface area contributed by atoms with Crippen molar-refractivity contribution in [1.82, 2.24) is 5.32 Å². The quantitative estimate of drug-likeness (QED) is 0.748. The Balaban J connectivity index is 2.71. The van der Waals surface area contributed by atoms with E-state index in [4.69, 9.17) is 0 Å². The van der Waals surface area contributed by atoms with Gasteiger partial charge in [0.05, 0.1) is 0 Å². The Morgan fingerprint density at radius 1 is 1.43 bits per heavy atom. The van der Waals surface area contributed by atoms with Gasteiger partial charge in [-0.2, -0.15) is 0 Å². The highest BCUT2D eigenvalue weighted by atomic mass is 19.1. The molecule has 0 radical (unpaired) electrons. The van der Waals surface area contributed by atoms with Crippen molar-refractivity contribution in [1.29, 1.82) is 0 Å². The van der Waals surface area contributed by atoms with Crippen molar-refractivity contribution in [2.24, 2.45) is 0 Å². The summed E-state index contributed by atoms with van der Waals surface area (Å²) in [6.45, 7) is 4.13. The number of hydrogen-bond donors (Lipinski definition) is 2. The van der Waals surface area contributed by atoms with Gasteiger partial charge >= 0.3 is 6.03 Å². The summed E-state index contributed by atoms with van der Waals surface area (Å²) < 4.78 is 12.9. The second kappa shape index (κ2) is 4.60. The molecule has 0 saturated carbocycles. The van der Waals surface area contributed by atoms with E-state index in [1.807, 2.05) is 6.92 Å². The average Bonchev–Trinajstić information content (AvgIpc) is 2.01. The lowest BCUT2D eigenvalue weighted by molar-refractivity contribution is 0.252. The van der Waals surface area contributed by atoms with Gasteiger partial charge in [0, 0.05) is 12.2 Å². The smallest absolute Gasteiger partial charge is 0.319 e. The van der Waals surface area contributed by atoms with Crippen molar-refractivity contribution in [3.8, 4) is 0 Å². The molecule has 1 aromatic rings. The van der Waals surface area contributed by atoms with Gasteiger partial charge in [-0.15, -0.1) is 0 Å². The summed E-state index contributed by atoms with van der Waals surface area (Å²) in [5.74, 6) is -0.350. The van der Waals surface area contributed by atoms with Crippen molar-refractivity contribution in [3.63, 3.8) is 0 Å². The molecule has 0 spiro atoms. The number of nitrogens with one attached hydrogen (secondary N) is 2. The van der Waals surface area contributed by atoms with Gasteiger partial charge in [0.25, 0.3) is 0 Å². The number of urea groups is 1. The summed E-state index contributed by atoms with van der Waals surface area (Å²) in [6.07, 6.45) is 0. The second-order valence-electron chi connectivity index (χ2n) is 3.00. The van der Waals surface area contributed by atoms with Crippen LogP contribution in [-0.4, -0.2) is 12.6 Å². The zero-order chi connectivity index (χ0) is 10.6. The van der Waals surface area contributed by atoms with E-state index in [2.05, 4.69) is 10.6 Å². The van der Waals surface area contributed by atoms with Gasteiger partial charge in [-0.25, -0.2) is 9.18 Å². The highest BCUT2D eigenvalue weighted by molar-refractivity contribution is 5.89. The van der Waals surface area contributed by atoms with Crippen LogP contribution in [0, 0.1) is 12.7 Å². The monoisotopic (exact) mass is 196 g/mol. The maximum absolute atomic E-state index is 12.9. The van der Waals surface area contributed by atoms with Crippen molar-refractivity contribution in [2.75, 3.05) is 11.9 Å². The molecule has 0 aliphatic carbocycles. The van der Waals surface area contributed by atoms with Gasteiger partial charge in [-0.05, 0) is 37.6 Å². The fourth-order valence-electron chi connectivity index (χ4n) is 1.14. The molecular formula is C10H13FN2O. The summed E-state index contributed by atoms with van der Waals surface area (Å²) in [4.78, 5) is 11.1. The Morgan fingerprint density at radius 2 is 2.14 bits per heavy atom. The molecule has 0 aliphatic heterocycles. The van der Waals surface area contributed by atoms with E-state index in [1.165, 1.54) is 12.1 Å². The minimum atomic E-state index is -0.350. The van der Waals surface area contributed by atoms with Gasteiger partial charge in [-0.1, -0.05) is 0 Å². The SMILES string of the molecule is CCNC(=O)Nc1cc(C)cc(F)c1. The third kappa shape index (κ3) is 3.05. The van der Waals surface area contributed by atoms with Crippen LogP contribution in [0.4, 0.5) is 14.9 Å². The molecule has 2 amide bonds. The highest BCUT2D eigenvalue weighted by Gasteiger charge is 2.01. The topological polar surface area (TPSA) is 41.1 Å². The molecule has 0 atom stereocenters. The first-order chi connectivity index (χ1) is 6.61. The number of aryl methyl sites for hydroxylation is 1. The number of carbonyl (C=O) groups excluding carboxylic acids is 1. The number of benzene rings is 1. The van der Waals surface area contributed by atoms with Crippen LogP contribution in [0.2, 0.25) is 0 Å². The molecule has 14 heavy (non-hydrogen) atoms. The van der Waals surface area contributed by atoms with E-state index >= 15 is 0 Å². The number of halogens is 1. The fraction of sp³-hybridized carbons (Fsp3) is 0.300. The predicted molar refractivity (Wildman–Crippen MR) is 53.8 cm³/mol. The summed E-state index contributed by atoms with van der Waals surface area (Å²) in [7, 11) is 0. The van der Waals surface area contributed by atoms with Crippen molar-refractivity contribution < 1.29 is 9.18 Å². The summed E-state index contributed by atoms with van der Waals surface area (Å²) in [6, 6.07) is 4.07. The van der Waals surface area contributed by atoms with E-state index in [0.29, 0.717) is 12.2 Å². The lowest BCUT2D eigenvalue weighted by atomic mass is 10.2. The van der Waals surface area contributed by atoms with Crippen LogP contribution in [-0.2, 0) is 0 Å². The minimum absolute atomic E-state index is 0.322. The van der Waals surface area contributed by atoms with Crippen molar-refractivity contribution in [3.05, 3.63) is 29.6 Å². The van der Waals surface area contributed by atoms with Crippen molar-refractivity contribution >= 4 is 11.7 Å². The standard InChI is InChI=1S/C10H13FN2O/c1-3-12-10(14)13-9-5-7(2)4-8(11)6-9/h4-6H,3H2,1-2H3,(H2,12,13,14). The van der Waals surface area contributed by atoms with E-state index in [0.717, 1.165) is 5.56 Å². The van der Waals surface area contributed by atoms with Crippen LogP contribution < -0.4 is 10.6 Å². The number of amides is 2. The Labute approximate surface area is 82.3 Å². The number of carbonyl (C=O) groups is 1. The normalized spacial score (nSPS) is 9.64. The van der Waals surface area contributed by atoms with Crippen LogP contribution in [0.5, 0.6) is 0 Å². The number of anilines is 1. The van der Waals surface area contributed by atoms with E-state index in [9.17, 15) is 9.18 Å². The molecule has 0 bridgehead atoms. The molecule has 76 valence electrons. The Morgan fingerprint density at radius 3 is 2.71 bits per heavy atom. The average molecular weight is 196 g/mol. The molecule has 0 fully saturated rings. The van der Waals surface area contributed by atoms with Crippen LogP contribution >= 0.6 is 0 Å². The van der Waals surface area contributed by atoms with Gasteiger partial charge in [0.1, 0.15) is 5.82 Å². The molecule has 1 aromatic carbocycles. The highest BCUT2D eigenvalue weighted by Crippen LogP contribution is 2.12. The van der Waals surface area contributed by atoms with Gasteiger partial charge in [0.2, 0.25) is 0 Å². The molecule has 2 N–H and O–H groups in total. The molecule has 0 aromatic heterocycles. The largest absolute Gasteiger partial charge is 0.338 e. The predicted octanol–water partition coefficient (Wildman–Crippen LogP) is 2.28. The van der Waals surface area contributed by atoms with E-state index in [-0.39, 0.29) is 11.8 Å². The van der Waals surface area contributed by atoms with Crippen LogP contribution in [0.3, 0.4) is 0 Å². The van der Waals surface area contributed by atoms with Gasteiger partial charge in [-0.3, -0.25) is 0 Å². The lowest BCUT2D eigenvalue weighted by Crippen LogP contribution is -2.28. The van der Waals surface area contributed by atoms with Crippen LogP contribution in [0.15, 0.2) is 18.2 Å². The molecule has 0 aliphatic rings. The first kappa shape index (κ1) is 10.5. The first-order valence-electron chi connectivity index (χ1n) is 4.44. The molecule has 0 saturated heterocycles. The molecule has 4 heteroatoms.